The molecule has 0 heterocycles. The van der Waals surface area contributed by atoms with Crippen LogP contribution in [0.3, 0.4) is 0 Å². The Kier molecular flexibility index (Phi) is 3.59. The number of halogens is 4. The van der Waals surface area contributed by atoms with Gasteiger partial charge in [-0.05, 0) is 24.3 Å². The minimum absolute atomic E-state index is 0.0141. The Morgan fingerprint density at radius 1 is 1.25 bits per heavy atom. The monoisotopic (exact) mass is 250 g/mol. The Balaban J connectivity index is 2.92. The maximum absolute atomic E-state index is 11.9. The van der Waals surface area contributed by atoms with Gasteiger partial charge in [0.25, 0.3) is 0 Å². The molecule has 0 aliphatic heterocycles. The van der Waals surface area contributed by atoms with Crippen molar-refractivity contribution >= 4 is 17.4 Å². The Morgan fingerprint density at radius 2 is 1.75 bits per heavy atom. The molecule has 0 bridgehead atoms. The first-order chi connectivity index (χ1) is 7.30. The van der Waals surface area contributed by atoms with Crippen LogP contribution in [0.4, 0.5) is 13.2 Å². The highest BCUT2D eigenvalue weighted by atomic mass is 35.5. The van der Waals surface area contributed by atoms with Crippen LogP contribution in [-0.2, 0) is 0 Å². The van der Waals surface area contributed by atoms with Gasteiger partial charge in [0.05, 0.1) is 0 Å². The highest BCUT2D eigenvalue weighted by Gasteiger charge is 2.34. The zero-order valence-electron chi connectivity index (χ0n) is 7.75. The van der Waals surface area contributed by atoms with Crippen molar-refractivity contribution in [2.24, 2.45) is 0 Å². The Bertz CT molecular complexity index is 421. The van der Waals surface area contributed by atoms with Crippen LogP contribution in [0.1, 0.15) is 10.4 Å². The molecule has 0 atom stereocenters. The quantitative estimate of drug-likeness (QED) is 0.495. The lowest BCUT2D eigenvalue weighted by atomic mass is 10.1. The average molecular weight is 251 g/mol. The second kappa shape index (κ2) is 4.57. The molecule has 0 aliphatic rings. The van der Waals surface area contributed by atoms with Crippen LogP contribution in [0, 0.1) is 0 Å². The van der Waals surface area contributed by atoms with E-state index in [0.29, 0.717) is 5.02 Å². The molecule has 0 fully saturated rings. The van der Waals surface area contributed by atoms with Crippen molar-refractivity contribution in [3.63, 3.8) is 0 Å². The number of ketones is 1. The normalized spacial score (nSPS) is 12.6. The zero-order valence-corrected chi connectivity index (χ0v) is 8.51. The molecule has 0 saturated carbocycles. The number of rotatable bonds is 2. The number of carbonyl (C=O) groups excluding carboxylic acids is 1. The van der Waals surface area contributed by atoms with Crippen LogP contribution in [0.2, 0.25) is 5.02 Å². The van der Waals surface area contributed by atoms with Gasteiger partial charge in [0.2, 0.25) is 5.76 Å². The van der Waals surface area contributed by atoms with Crippen LogP contribution >= 0.6 is 11.6 Å². The second-order valence-corrected chi connectivity index (χ2v) is 3.33. The summed E-state index contributed by atoms with van der Waals surface area (Å²) < 4.78 is 35.7. The SMILES string of the molecule is O=C(/C=C(\O)C(F)(F)F)c1ccc(Cl)cc1. The summed E-state index contributed by atoms with van der Waals surface area (Å²) in [6.07, 6.45) is -4.79. The zero-order chi connectivity index (χ0) is 12.3. The first-order valence-corrected chi connectivity index (χ1v) is 4.46. The van der Waals surface area contributed by atoms with Gasteiger partial charge in [-0.25, -0.2) is 0 Å². The van der Waals surface area contributed by atoms with Crippen LogP contribution in [-0.4, -0.2) is 17.1 Å². The molecular weight excluding hydrogens is 245 g/mol. The summed E-state index contributed by atoms with van der Waals surface area (Å²) in [6, 6.07) is 5.27. The molecule has 0 amide bonds. The third kappa shape index (κ3) is 3.27. The van der Waals surface area contributed by atoms with E-state index in [1.54, 1.807) is 0 Å². The largest absolute Gasteiger partial charge is 0.504 e. The predicted octanol–water partition coefficient (Wildman–Crippen LogP) is 3.53. The standard InChI is InChI=1S/C10H6ClF3O2/c11-7-3-1-6(2-4-7)8(15)5-9(16)10(12,13)14/h1-5,16H/b9-5-. The molecule has 2 nitrogen and oxygen atoms in total. The van der Waals surface area contributed by atoms with Crippen molar-refractivity contribution in [2.75, 3.05) is 0 Å². The van der Waals surface area contributed by atoms with E-state index in [2.05, 4.69) is 0 Å². The average Bonchev–Trinajstić information content (AvgIpc) is 2.17. The fraction of sp³-hybridized carbons (Fsp3) is 0.100. The lowest BCUT2D eigenvalue weighted by Crippen LogP contribution is -2.13. The van der Waals surface area contributed by atoms with Crippen LogP contribution in [0.25, 0.3) is 0 Å². The van der Waals surface area contributed by atoms with Crippen molar-refractivity contribution in [1.82, 2.24) is 0 Å². The van der Waals surface area contributed by atoms with Gasteiger partial charge in [0.1, 0.15) is 0 Å². The van der Waals surface area contributed by atoms with Crippen molar-refractivity contribution in [3.8, 4) is 0 Å². The third-order valence-electron chi connectivity index (χ3n) is 1.69. The van der Waals surface area contributed by atoms with Crippen molar-refractivity contribution in [1.29, 1.82) is 0 Å². The molecule has 1 aromatic rings. The van der Waals surface area contributed by atoms with E-state index in [1.807, 2.05) is 0 Å². The molecule has 0 radical (unpaired) electrons. The number of alkyl halides is 3. The molecule has 86 valence electrons. The van der Waals surface area contributed by atoms with E-state index >= 15 is 0 Å². The Labute approximate surface area is 94.0 Å². The number of aliphatic hydroxyl groups is 1. The number of benzene rings is 1. The molecule has 0 aliphatic carbocycles. The summed E-state index contributed by atoms with van der Waals surface area (Å²) in [5.41, 5.74) is 0.0141. The smallest absolute Gasteiger partial charge is 0.448 e. The summed E-state index contributed by atoms with van der Waals surface area (Å²) in [5.74, 6) is -2.86. The van der Waals surface area contributed by atoms with Gasteiger partial charge >= 0.3 is 6.18 Å². The van der Waals surface area contributed by atoms with Crippen LogP contribution < -0.4 is 0 Å². The molecular formula is C10H6ClF3O2. The number of hydrogen-bond donors (Lipinski definition) is 1. The van der Waals surface area contributed by atoms with E-state index in [1.165, 1.54) is 24.3 Å². The first-order valence-electron chi connectivity index (χ1n) is 4.08. The topological polar surface area (TPSA) is 37.3 Å². The first kappa shape index (κ1) is 12.6. The lowest BCUT2D eigenvalue weighted by molar-refractivity contribution is -0.120. The van der Waals surface area contributed by atoms with Gasteiger partial charge in [-0.1, -0.05) is 11.6 Å². The Hall–Kier alpha value is -1.49. The summed E-state index contributed by atoms with van der Waals surface area (Å²) in [5, 5.41) is 8.92. The van der Waals surface area contributed by atoms with Gasteiger partial charge < -0.3 is 5.11 Å². The minimum Gasteiger partial charge on any atom is -0.504 e. The van der Waals surface area contributed by atoms with E-state index in [4.69, 9.17) is 16.7 Å². The number of carbonyl (C=O) groups is 1. The van der Waals surface area contributed by atoms with Gasteiger partial charge in [0.15, 0.2) is 5.78 Å². The number of allylic oxidation sites excluding steroid dienone is 2. The van der Waals surface area contributed by atoms with Crippen LogP contribution in [0.5, 0.6) is 0 Å². The molecule has 0 saturated heterocycles. The third-order valence-corrected chi connectivity index (χ3v) is 1.94. The number of aliphatic hydroxyl groups excluding tert-OH is 1. The molecule has 0 spiro atoms. The lowest BCUT2D eigenvalue weighted by Gasteiger charge is -2.04. The maximum Gasteiger partial charge on any atom is 0.448 e. The van der Waals surface area contributed by atoms with Crippen molar-refractivity contribution in [2.45, 2.75) is 6.18 Å². The van der Waals surface area contributed by atoms with Gasteiger partial charge in [-0.3, -0.25) is 4.79 Å². The fourth-order valence-electron chi connectivity index (χ4n) is 0.903. The minimum atomic E-state index is -4.91. The van der Waals surface area contributed by atoms with Crippen molar-refractivity contribution in [3.05, 3.63) is 46.7 Å². The van der Waals surface area contributed by atoms with Crippen molar-refractivity contribution < 1.29 is 23.1 Å². The maximum atomic E-state index is 11.9. The summed E-state index contributed by atoms with van der Waals surface area (Å²) in [4.78, 5) is 11.2. The molecule has 6 heteroatoms. The molecule has 0 unspecified atom stereocenters. The fourth-order valence-corrected chi connectivity index (χ4v) is 1.03. The highest BCUT2D eigenvalue weighted by molar-refractivity contribution is 6.30. The second-order valence-electron chi connectivity index (χ2n) is 2.90. The molecule has 0 aromatic heterocycles. The molecule has 1 rings (SSSR count). The highest BCUT2D eigenvalue weighted by Crippen LogP contribution is 2.23. The van der Waals surface area contributed by atoms with Gasteiger partial charge in [-0.15, -0.1) is 0 Å². The van der Waals surface area contributed by atoms with E-state index < -0.39 is 17.7 Å². The van der Waals surface area contributed by atoms with Crippen LogP contribution in [0.15, 0.2) is 36.1 Å². The molecule has 1 aromatic carbocycles. The molecule has 1 N–H and O–H groups in total. The van der Waals surface area contributed by atoms with Gasteiger partial charge in [0, 0.05) is 16.7 Å². The van der Waals surface area contributed by atoms with Gasteiger partial charge in [-0.2, -0.15) is 13.2 Å². The summed E-state index contributed by atoms with van der Waals surface area (Å²) in [7, 11) is 0. The molecule has 16 heavy (non-hydrogen) atoms. The number of hydrogen-bond acceptors (Lipinski definition) is 2. The Morgan fingerprint density at radius 3 is 2.19 bits per heavy atom. The van der Waals surface area contributed by atoms with E-state index in [-0.39, 0.29) is 11.6 Å². The predicted molar refractivity (Wildman–Crippen MR) is 52.5 cm³/mol. The van der Waals surface area contributed by atoms with E-state index in [0.717, 1.165) is 0 Å². The summed E-state index contributed by atoms with van der Waals surface area (Å²) >= 11 is 5.54. The van der Waals surface area contributed by atoms with E-state index in [9.17, 15) is 18.0 Å². The summed E-state index contributed by atoms with van der Waals surface area (Å²) in [6.45, 7) is 0.